The molecular weight excluding hydrogens is 516 g/mol. The summed E-state index contributed by atoms with van der Waals surface area (Å²) in [6.07, 6.45) is 11.7. The van der Waals surface area contributed by atoms with Gasteiger partial charge < -0.3 is 25.3 Å². The standard InChI is InChI=1S/C31H42N8O2/c1-2-29(40)36-25-4-3-11-38(20-25)19-22-9-10-32-26(16-22)18-33-24-7-5-23(6-8-24)28-17-27-30(37-28)34-21-35-31(27)39-12-14-41-15-13-39/h2,9-10,16-17,21,23-25,33H,1,3-8,11-15,18-20H2,(H,36,40)(H,34,35,37)/t23?,24?,25-/m1/s1. The molecule has 41 heavy (non-hydrogen) atoms. The molecule has 3 fully saturated rings. The monoisotopic (exact) mass is 558 g/mol. The Kier molecular flexibility index (Phi) is 8.88. The summed E-state index contributed by atoms with van der Waals surface area (Å²) in [5, 5.41) is 7.95. The van der Waals surface area contributed by atoms with E-state index >= 15 is 0 Å². The van der Waals surface area contributed by atoms with Gasteiger partial charge in [-0.15, -0.1) is 0 Å². The zero-order valence-corrected chi connectivity index (χ0v) is 23.9. The van der Waals surface area contributed by atoms with Gasteiger partial charge in [-0.2, -0.15) is 0 Å². The Balaban J connectivity index is 0.993. The topological polar surface area (TPSA) is 111 Å². The fourth-order valence-corrected chi connectivity index (χ4v) is 6.61. The molecule has 6 rings (SSSR count). The lowest BCUT2D eigenvalue weighted by Crippen LogP contribution is -2.46. The predicted octanol–water partition coefficient (Wildman–Crippen LogP) is 3.27. The molecule has 3 aromatic rings. The number of carbonyl (C=O) groups is 1. The lowest BCUT2D eigenvalue weighted by atomic mass is 9.84. The van der Waals surface area contributed by atoms with Crippen molar-refractivity contribution in [1.82, 2.24) is 35.5 Å². The van der Waals surface area contributed by atoms with Crippen molar-refractivity contribution in [3.05, 3.63) is 60.3 Å². The maximum Gasteiger partial charge on any atom is 0.243 e. The summed E-state index contributed by atoms with van der Waals surface area (Å²) in [4.78, 5) is 33.8. The summed E-state index contributed by atoms with van der Waals surface area (Å²) >= 11 is 0. The Morgan fingerprint density at radius 3 is 2.76 bits per heavy atom. The van der Waals surface area contributed by atoms with Gasteiger partial charge >= 0.3 is 0 Å². The first-order valence-corrected chi connectivity index (χ1v) is 15.1. The van der Waals surface area contributed by atoms with E-state index in [2.05, 4.69) is 65.1 Å². The number of fused-ring (bicyclic) bond motifs is 1. The van der Waals surface area contributed by atoms with Gasteiger partial charge in [0.1, 0.15) is 17.8 Å². The van der Waals surface area contributed by atoms with E-state index in [4.69, 9.17) is 4.74 Å². The Bertz CT molecular complexity index is 1330. The van der Waals surface area contributed by atoms with Crippen LogP contribution in [0.5, 0.6) is 0 Å². The van der Waals surface area contributed by atoms with Crippen LogP contribution in [0.3, 0.4) is 0 Å². The maximum absolute atomic E-state index is 11.7. The molecule has 2 saturated heterocycles. The number of carbonyl (C=O) groups excluding carboxylic acids is 1. The van der Waals surface area contributed by atoms with Gasteiger partial charge in [-0.05, 0) is 80.8 Å². The number of hydrogen-bond acceptors (Lipinski definition) is 8. The van der Waals surface area contributed by atoms with Crippen LogP contribution >= 0.6 is 0 Å². The number of piperidine rings is 1. The molecule has 1 atom stereocenters. The predicted molar refractivity (Wildman–Crippen MR) is 160 cm³/mol. The highest BCUT2D eigenvalue weighted by Gasteiger charge is 2.25. The average Bonchev–Trinajstić information content (AvgIpc) is 3.46. The first-order valence-electron chi connectivity index (χ1n) is 15.1. The molecule has 0 bridgehead atoms. The summed E-state index contributed by atoms with van der Waals surface area (Å²) in [7, 11) is 0. The third kappa shape index (κ3) is 6.94. The van der Waals surface area contributed by atoms with Crippen molar-refractivity contribution in [3.8, 4) is 0 Å². The van der Waals surface area contributed by atoms with Crippen molar-refractivity contribution in [1.29, 1.82) is 0 Å². The second kappa shape index (κ2) is 13.1. The van der Waals surface area contributed by atoms with E-state index in [-0.39, 0.29) is 11.9 Å². The van der Waals surface area contributed by atoms with Crippen LogP contribution in [0.1, 0.15) is 61.4 Å². The number of aromatic nitrogens is 4. The fourth-order valence-electron chi connectivity index (χ4n) is 6.61. The molecule has 3 N–H and O–H groups in total. The van der Waals surface area contributed by atoms with E-state index < -0.39 is 0 Å². The van der Waals surface area contributed by atoms with Gasteiger partial charge in [-0.25, -0.2) is 9.97 Å². The number of amides is 1. The molecule has 1 saturated carbocycles. The first-order chi connectivity index (χ1) is 20.1. The highest BCUT2D eigenvalue weighted by Crippen LogP contribution is 2.35. The highest BCUT2D eigenvalue weighted by atomic mass is 16.5. The second-order valence-corrected chi connectivity index (χ2v) is 11.7. The van der Waals surface area contributed by atoms with Gasteiger partial charge in [0, 0.05) is 56.7 Å². The van der Waals surface area contributed by atoms with Crippen LogP contribution < -0.4 is 15.5 Å². The average molecular weight is 559 g/mol. The van der Waals surface area contributed by atoms with Crippen LogP contribution in [-0.4, -0.2) is 82.2 Å². The van der Waals surface area contributed by atoms with Gasteiger partial charge in [0.2, 0.25) is 5.91 Å². The summed E-state index contributed by atoms with van der Waals surface area (Å²) in [5.74, 6) is 1.45. The van der Waals surface area contributed by atoms with Crippen molar-refractivity contribution in [2.45, 2.75) is 69.6 Å². The molecule has 0 aromatic carbocycles. The van der Waals surface area contributed by atoms with Crippen LogP contribution in [0.15, 0.2) is 43.4 Å². The van der Waals surface area contributed by atoms with Crippen LogP contribution in [0, 0.1) is 0 Å². The van der Waals surface area contributed by atoms with Crippen molar-refractivity contribution in [3.63, 3.8) is 0 Å². The Labute approximate surface area is 242 Å². The van der Waals surface area contributed by atoms with Crippen LogP contribution in [0.2, 0.25) is 0 Å². The molecule has 218 valence electrons. The molecule has 5 heterocycles. The number of morpholine rings is 1. The molecule has 1 aliphatic carbocycles. The van der Waals surface area contributed by atoms with Gasteiger partial charge in [0.15, 0.2) is 0 Å². The third-order valence-corrected chi connectivity index (χ3v) is 8.80. The molecule has 1 amide bonds. The van der Waals surface area contributed by atoms with Crippen molar-refractivity contribution < 1.29 is 9.53 Å². The zero-order valence-electron chi connectivity index (χ0n) is 23.9. The first kappa shape index (κ1) is 27.8. The lowest BCUT2D eigenvalue weighted by molar-refractivity contribution is -0.117. The number of anilines is 1. The molecule has 3 aliphatic rings. The lowest BCUT2D eigenvalue weighted by Gasteiger charge is -2.33. The summed E-state index contributed by atoms with van der Waals surface area (Å²) in [6, 6.07) is 7.31. The molecule has 0 spiro atoms. The second-order valence-electron chi connectivity index (χ2n) is 11.7. The minimum absolute atomic E-state index is 0.0864. The maximum atomic E-state index is 11.7. The van der Waals surface area contributed by atoms with Crippen LogP contribution in [0.25, 0.3) is 11.0 Å². The van der Waals surface area contributed by atoms with Gasteiger partial charge in [-0.3, -0.25) is 14.7 Å². The van der Waals surface area contributed by atoms with Gasteiger partial charge in [-0.1, -0.05) is 6.58 Å². The molecule has 10 heteroatoms. The number of hydrogen-bond donors (Lipinski definition) is 3. The minimum Gasteiger partial charge on any atom is -0.378 e. The number of ether oxygens (including phenoxy) is 1. The quantitative estimate of drug-likeness (QED) is 0.343. The molecule has 3 aromatic heterocycles. The van der Waals surface area contributed by atoms with E-state index in [0.717, 1.165) is 114 Å². The Hall–Kier alpha value is -3.34. The Morgan fingerprint density at radius 2 is 1.93 bits per heavy atom. The number of H-pyrrole nitrogens is 1. The summed E-state index contributed by atoms with van der Waals surface area (Å²) < 4.78 is 5.53. The van der Waals surface area contributed by atoms with Crippen molar-refractivity contribution in [2.75, 3.05) is 44.3 Å². The molecule has 2 aliphatic heterocycles. The van der Waals surface area contributed by atoms with E-state index in [0.29, 0.717) is 12.0 Å². The van der Waals surface area contributed by atoms with Crippen LogP contribution in [0.4, 0.5) is 5.82 Å². The fraction of sp³-hybridized carbons (Fsp3) is 0.548. The molecule has 0 radical (unpaired) electrons. The third-order valence-electron chi connectivity index (χ3n) is 8.80. The Morgan fingerprint density at radius 1 is 1.07 bits per heavy atom. The number of pyridine rings is 1. The number of likely N-dealkylation sites (tertiary alicyclic amines) is 1. The highest BCUT2D eigenvalue weighted by molar-refractivity contribution is 5.88. The van der Waals surface area contributed by atoms with Gasteiger partial charge in [0.25, 0.3) is 0 Å². The summed E-state index contributed by atoms with van der Waals surface area (Å²) in [5.41, 5.74) is 4.58. The number of nitrogens with zero attached hydrogens (tertiary/aromatic N) is 5. The van der Waals surface area contributed by atoms with E-state index in [1.807, 2.05) is 6.20 Å². The largest absolute Gasteiger partial charge is 0.378 e. The van der Waals surface area contributed by atoms with Crippen LogP contribution in [-0.2, 0) is 22.6 Å². The molecule has 0 unspecified atom stereocenters. The van der Waals surface area contributed by atoms with E-state index in [1.165, 1.54) is 17.3 Å². The van der Waals surface area contributed by atoms with E-state index in [9.17, 15) is 4.79 Å². The smallest absolute Gasteiger partial charge is 0.243 e. The summed E-state index contributed by atoms with van der Waals surface area (Å²) in [6.45, 7) is 10.4. The number of nitrogens with one attached hydrogen (secondary N) is 3. The SMILES string of the molecule is C=CC(=O)N[C@@H]1CCCN(Cc2ccnc(CNC3CCC(c4cc5c(N6CCOCC6)ncnc5[nH]4)CC3)c2)C1. The molecular formula is C31H42N8O2. The van der Waals surface area contributed by atoms with Crippen molar-refractivity contribution >= 4 is 22.8 Å². The molecule has 10 nitrogen and oxygen atoms in total. The minimum atomic E-state index is -0.0864. The number of aromatic amines is 1. The number of rotatable bonds is 9. The zero-order chi connectivity index (χ0) is 28.0. The van der Waals surface area contributed by atoms with Gasteiger partial charge in [0.05, 0.1) is 24.3 Å². The van der Waals surface area contributed by atoms with E-state index in [1.54, 1.807) is 6.33 Å². The normalized spacial score (nSPS) is 23.9. The van der Waals surface area contributed by atoms with Crippen molar-refractivity contribution in [2.24, 2.45) is 0 Å².